The molecule has 1 fully saturated rings. The lowest BCUT2D eigenvalue weighted by Gasteiger charge is -2.32. The molecule has 27 heavy (non-hydrogen) atoms. The number of piperidine rings is 1. The van der Waals surface area contributed by atoms with Crippen LogP contribution in [0.1, 0.15) is 45.6 Å². The molecule has 1 aliphatic rings. The summed E-state index contributed by atoms with van der Waals surface area (Å²) in [7, 11) is 1.96. The van der Waals surface area contributed by atoms with Gasteiger partial charge in [0.05, 0.1) is 11.2 Å². The van der Waals surface area contributed by atoms with Gasteiger partial charge in [-0.3, -0.25) is 4.79 Å². The molecule has 1 unspecified atom stereocenters. The zero-order valence-electron chi connectivity index (χ0n) is 15.7. The van der Waals surface area contributed by atoms with Crippen LogP contribution in [0, 0.1) is 13.8 Å². The average molecular weight is 382 g/mol. The monoisotopic (exact) mass is 382 g/mol. The zero-order valence-corrected chi connectivity index (χ0v) is 16.5. The minimum Gasteiger partial charge on any atom is -0.337 e. The van der Waals surface area contributed by atoms with Crippen LogP contribution in [0.2, 0.25) is 0 Å². The Labute approximate surface area is 162 Å². The fourth-order valence-electron chi connectivity index (χ4n) is 3.52. The zero-order chi connectivity index (χ0) is 19.0. The van der Waals surface area contributed by atoms with Crippen LogP contribution in [-0.4, -0.2) is 48.4 Å². The number of rotatable bonds is 3. The van der Waals surface area contributed by atoms with Gasteiger partial charge in [0.15, 0.2) is 5.82 Å². The van der Waals surface area contributed by atoms with Gasteiger partial charge < -0.3 is 9.47 Å². The maximum Gasteiger partial charge on any atom is 0.265 e. The third kappa shape index (κ3) is 3.49. The number of nitrogens with zero attached hydrogens (tertiary/aromatic N) is 6. The number of aromatic nitrogens is 5. The molecule has 3 aromatic rings. The van der Waals surface area contributed by atoms with E-state index in [9.17, 15) is 4.79 Å². The lowest BCUT2D eigenvalue weighted by Crippen LogP contribution is -2.39. The van der Waals surface area contributed by atoms with Gasteiger partial charge in [-0.05, 0) is 32.8 Å². The molecule has 4 rings (SSSR count). The van der Waals surface area contributed by atoms with Crippen molar-refractivity contribution in [3.05, 3.63) is 46.1 Å². The molecule has 0 saturated carbocycles. The molecule has 7 nitrogen and oxygen atoms in total. The van der Waals surface area contributed by atoms with E-state index in [4.69, 9.17) is 4.98 Å². The van der Waals surface area contributed by atoms with E-state index in [0.29, 0.717) is 6.54 Å². The molecule has 0 aliphatic carbocycles. The largest absolute Gasteiger partial charge is 0.337 e. The summed E-state index contributed by atoms with van der Waals surface area (Å²) in [5.41, 5.74) is 4.27. The fraction of sp³-hybridized carbons (Fsp3) is 0.421. The second-order valence-corrected chi connectivity index (χ2v) is 7.83. The van der Waals surface area contributed by atoms with Crippen LogP contribution in [0.25, 0.3) is 11.5 Å². The SMILES string of the molecule is Cc1cc(-c2nccn2C)nc(C2CCCN(C(=O)c3scnc3C)C2)n1. The Morgan fingerprint density at radius 1 is 1.26 bits per heavy atom. The molecule has 0 bridgehead atoms. The van der Waals surface area contributed by atoms with Crippen molar-refractivity contribution in [1.29, 1.82) is 0 Å². The van der Waals surface area contributed by atoms with E-state index in [-0.39, 0.29) is 11.8 Å². The van der Waals surface area contributed by atoms with Crippen LogP contribution < -0.4 is 0 Å². The number of hydrogen-bond acceptors (Lipinski definition) is 6. The highest BCUT2D eigenvalue weighted by Gasteiger charge is 2.29. The summed E-state index contributed by atoms with van der Waals surface area (Å²) in [5.74, 6) is 1.82. The van der Waals surface area contributed by atoms with Gasteiger partial charge >= 0.3 is 0 Å². The summed E-state index contributed by atoms with van der Waals surface area (Å²) >= 11 is 1.41. The highest BCUT2D eigenvalue weighted by atomic mass is 32.1. The van der Waals surface area contributed by atoms with Gasteiger partial charge in [0, 0.05) is 44.1 Å². The molecule has 1 saturated heterocycles. The van der Waals surface area contributed by atoms with Crippen molar-refractivity contribution >= 4 is 17.2 Å². The van der Waals surface area contributed by atoms with E-state index < -0.39 is 0 Å². The quantitative estimate of drug-likeness (QED) is 0.696. The van der Waals surface area contributed by atoms with E-state index >= 15 is 0 Å². The third-order valence-corrected chi connectivity index (χ3v) is 5.85. The van der Waals surface area contributed by atoms with Gasteiger partial charge in [-0.25, -0.2) is 19.9 Å². The van der Waals surface area contributed by atoms with Crippen LogP contribution in [-0.2, 0) is 7.05 Å². The predicted octanol–water partition coefficient (Wildman–Crippen LogP) is 2.97. The molecule has 4 heterocycles. The summed E-state index contributed by atoms with van der Waals surface area (Å²) in [5, 5.41) is 0. The Kier molecular flexibility index (Phi) is 4.73. The maximum atomic E-state index is 12.9. The first kappa shape index (κ1) is 17.8. The average Bonchev–Trinajstić information content (AvgIpc) is 3.29. The first-order chi connectivity index (χ1) is 13.0. The minimum atomic E-state index is 0.0664. The second kappa shape index (κ2) is 7.19. The summed E-state index contributed by atoms with van der Waals surface area (Å²) in [6.07, 6.45) is 5.61. The summed E-state index contributed by atoms with van der Waals surface area (Å²) < 4.78 is 1.95. The topological polar surface area (TPSA) is 76.8 Å². The van der Waals surface area contributed by atoms with Gasteiger partial charge in [0.25, 0.3) is 5.91 Å². The number of amides is 1. The normalized spacial score (nSPS) is 17.3. The molecule has 0 N–H and O–H groups in total. The Hall–Kier alpha value is -2.61. The number of thiazole rings is 1. The second-order valence-electron chi connectivity index (χ2n) is 6.97. The van der Waals surface area contributed by atoms with Crippen molar-refractivity contribution in [2.75, 3.05) is 13.1 Å². The molecule has 1 amide bonds. The molecule has 8 heteroatoms. The maximum absolute atomic E-state index is 12.9. The smallest absolute Gasteiger partial charge is 0.265 e. The molecule has 1 atom stereocenters. The van der Waals surface area contributed by atoms with E-state index in [1.54, 1.807) is 11.7 Å². The highest BCUT2D eigenvalue weighted by molar-refractivity contribution is 7.11. The lowest BCUT2D eigenvalue weighted by atomic mass is 9.96. The van der Waals surface area contributed by atoms with E-state index in [1.165, 1.54) is 11.3 Å². The van der Waals surface area contributed by atoms with Gasteiger partial charge in [0.2, 0.25) is 0 Å². The van der Waals surface area contributed by atoms with Crippen molar-refractivity contribution in [3.63, 3.8) is 0 Å². The Morgan fingerprint density at radius 3 is 2.81 bits per heavy atom. The van der Waals surface area contributed by atoms with Crippen molar-refractivity contribution in [2.45, 2.75) is 32.6 Å². The van der Waals surface area contributed by atoms with Crippen LogP contribution in [0.4, 0.5) is 0 Å². The van der Waals surface area contributed by atoms with Crippen LogP contribution in [0.15, 0.2) is 24.0 Å². The van der Waals surface area contributed by atoms with Crippen molar-refractivity contribution in [3.8, 4) is 11.5 Å². The number of likely N-dealkylation sites (tertiary alicyclic amines) is 1. The summed E-state index contributed by atoms with van der Waals surface area (Å²) in [6, 6.07) is 1.96. The molecule has 0 radical (unpaired) electrons. The first-order valence-corrected chi connectivity index (χ1v) is 9.93. The van der Waals surface area contributed by atoms with Crippen LogP contribution in [0.5, 0.6) is 0 Å². The molecule has 0 spiro atoms. The molecule has 0 aromatic carbocycles. The van der Waals surface area contributed by atoms with Crippen molar-refractivity contribution in [1.82, 2.24) is 29.4 Å². The number of carbonyl (C=O) groups excluding carboxylic acids is 1. The van der Waals surface area contributed by atoms with Crippen molar-refractivity contribution < 1.29 is 4.79 Å². The highest BCUT2D eigenvalue weighted by Crippen LogP contribution is 2.28. The Morgan fingerprint density at radius 2 is 2.11 bits per heavy atom. The molecular weight excluding hydrogens is 360 g/mol. The Balaban J connectivity index is 1.60. The van der Waals surface area contributed by atoms with Gasteiger partial charge in [-0.1, -0.05) is 0 Å². The predicted molar refractivity (Wildman–Crippen MR) is 104 cm³/mol. The first-order valence-electron chi connectivity index (χ1n) is 9.05. The minimum absolute atomic E-state index is 0.0664. The third-order valence-electron chi connectivity index (χ3n) is 4.94. The summed E-state index contributed by atoms with van der Waals surface area (Å²) in [4.78, 5) is 33.6. The number of imidazole rings is 1. The number of carbonyl (C=O) groups is 1. The lowest BCUT2D eigenvalue weighted by molar-refractivity contribution is 0.0708. The number of aryl methyl sites for hydroxylation is 3. The van der Waals surface area contributed by atoms with Crippen LogP contribution >= 0.6 is 11.3 Å². The molecule has 140 valence electrons. The van der Waals surface area contributed by atoms with E-state index in [1.807, 2.05) is 42.6 Å². The van der Waals surface area contributed by atoms with Crippen molar-refractivity contribution in [2.24, 2.45) is 7.05 Å². The van der Waals surface area contributed by atoms with Gasteiger partial charge in [-0.2, -0.15) is 0 Å². The fourth-order valence-corrected chi connectivity index (χ4v) is 4.29. The number of hydrogen-bond donors (Lipinski definition) is 0. The Bertz CT molecular complexity index is 978. The van der Waals surface area contributed by atoms with E-state index in [0.717, 1.165) is 53.0 Å². The van der Waals surface area contributed by atoms with Gasteiger partial charge in [0.1, 0.15) is 16.4 Å². The summed E-state index contributed by atoms with van der Waals surface area (Å²) in [6.45, 7) is 5.27. The van der Waals surface area contributed by atoms with Gasteiger partial charge in [-0.15, -0.1) is 11.3 Å². The van der Waals surface area contributed by atoms with E-state index in [2.05, 4.69) is 15.0 Å². The van der Waals surface area contributed by atoms with Crippen LogP contribution in [0.3, 0.4) is 0 Å². The molecule has 1 aliphatic heterocycles. The standard InChI is InChI=1S/C19H22N6OS/c1-12-9-15(18-20-6-8-24(18)3)23-17(22-12)14-5-4-7-25(10-14)19(26)16-13(2)21-11-27-16/h6,8-9,11,14H,4-5,7,10H2,1-3H3. The molecular formula is C19H22N6OS. The molecule has 3 aromatic heterocycles.